The van der Waals surface area contributed by atoms with E-state index in [1.54, 1.807) is 0 Å². The number of nitrogens with one attached hydrogen (secondary N) is 1. The molecule has 0 bridgehead atoms. The van der Waals surface area contributed by atoms with Crippen LogP contribution in [0.4, 0.5) is 13.2 Å². The van der Waals surface area contributed by atoms with Crippen LogP contribution in [0, 0.1) is 5.41 Å². The van der Waals surface area contributed by atoms with Crippen LogP contribution in [0.15, 0.2) is 30.5 Å². The van der Waals surface area contributed by atoms with Gasteiger partial charge >= 0.3 is 12.1 Å². The molecule has 1 unspecified atom stereocenters. The average Bonchev–Trinajstić information content (AvgIpc) is 3.27. The van der Waals surface area contributed by atoms with Gasteiger partial charge in [-0.15, -0.1) is 0 Å². The molecule has 1 amide bonds. The van der Waals surface area contributed by atoms with Crippen LogP contribution in [-0.2, 0) is 10.9 Å². The molecule has 2 heterocycles. The van der Waals surface area contributed by atoms with Crippen LogP contribution >= 0.6 is 0 Å². The van der Waals surface area contributed by atoms with Crippen molar-refractivity contribution >= 4 is 11.9 Å². The normalized spacial score (nSPS) is 19.6. The lowest BCUT2D eigenvalue weighted by atomic mass is 9.90. The second-order valence-electron chi connectivity index (χ2n) is 6.96. The van der Waals surface area contributed by atoms with E-state index in [0.29, 0.717) is 30.6 Å². The van der Waals surface area contributed by atoms with E-state index in [4.69, 9.17) is 9.84 Å². The molecular formula is C18H18F3N3O4. The number of amides is 1. The lowest BCUT2D eigenvalue weighted by Crippen LogP contribution is -2.36. The molecule has 28 heavy (non-hydrogen) atoms. The molecule has 0 spiro atoms. The Kier molecular flexibility index (Phi) is 5.16. The Bertz CT molecular complexity index is 884. The number of hydrogen-bond donors (Lipinski definition) is 2. The number of carbonyl (C=O) groups is 2. The van der Waals surface area contributed by atoms with Gasteiger partial charge in [0.1, 0.15) is 5.56 Å². The second kappa shape index (κ2) is 7.27. The molecule has 3 rings (SSSR count). The van der Waals surface area contributed by atoms with Gasteiger partial charge in [-0.2, -0.15) is 18.3 Å². The van der Waals surface area contributed by atoms with E-state index in [2.05, 4.69) is 10.4 Å². The van der Waals surface area contributed by atoms with Crippen LogP contribution in [0.3, 0.4) is 0 Å². The summed E-state index contributed by atoms with van der Waals surface area (Å²) in [7, 11) is 0. The van der Waals surface area contributed by atoms with Crippen molar-refractivity contribution in [2.45, 2.75) is 19.5 Å². The van der Waals surface area contributed by atoms with Gasteiger partial charge < -0.3 is 15.2 Å². The van der Waals surface area contributed by atoms with Crippen molar-refractivity contribution in [1.29, 1.82) is 0 Å². The minimum absolute atomic E-state index is 0.00692. The molecular weight excluding hydrogens is 379 g/mol. The first-order chi connectivity index (χ1) is 13.1. The van der Waals surface area contributed by atoms with Crippen molar-refractivity contribution in [3.05, 3.63) is 47.3 Å². The molecule has 2 N–H and O–H groups in total. The third-order valence-electron chi connectivity index (χ3n) is 4.62. The Hall–Kier alpha value is -2.88. The number of hydrogen-bond acceptors (Lipinski definition) is 4. The van der Waals surface area contributed by atoms with Crippen molar-refractivity contribution < 1.29 is 32.6 Å². The van der Waals surface area contributed by atoms with Gasteiger partial charge in [-0.25, -0.2) is 9.48 Å². The molecule has 1 saturated heterocycles. The minimum atomic E-state index is -4.90. The smallest absolute Gasteiger partial charge is 0.434 e. The number of carboxylic acids is 1. The molecule has 150 valence electrons. The maximum absolute atomic E-state index is 13.3. The van der Waals surface area contributed by atoms with Gasteiger partial charge in [-0.1, -0.05) is 6.92 Å². The number of carboxylic acid groups (broad SMARTS) is 1. The third kappa shape index (κ3) is 4.01. The number of ether oxygens (including phenoxy) is 1. The fraction of sp³-hybridized carbons (Fsp3) is 0.389. The van der Waals surface area contributed by atoms with Crippen LogP contribution in [0.5, 0.6) is 0 Å². The van der Waals surface area contributed by atoms with Crippen LogP contribution in [0.1, 0.15) is 39.8 Å². The third-order valence-corrected chi connectivity index (χ3v) is 4.62. The molecule has 1 aliphatic heterocycles. The molecule has 1 fully saturated rings. The van der Waals surface area contributed by atoms with E-state index in [1.165, 1.54) is 24.3 Å². The number of nitrogens with zero attached hydrogens (tertiary/aromatic N) is 2. The summed E-state index contributed by atoms with van der Waals surface area (Å²) in [6, 6.07) is 5.28. The first kappa shape index (κ1) is 19.9. The minimum Gasteiger partial charge on any atom is -0.478 e. The monoisotopic (exact) mass is 397 g/mol. The van der Waals surface area contributed by atoms with E-state index in [9.17, 15) is 22.8 Å². The van der Waals surface area contributed by atoms with E-state index >= 15 is 0 Å². The van der Waals surface area contributed by atoms with Crippen molar-refractivity contribution in [2.75, 3.05) is 19.8 Å². The number of rotatable bonds is 5. The number of benzene rings is 1. The Morgan fingerprint density at radius 2 is 2.00 bits per heavy atom. The molecule has 1 aromatic heterocycles. The molecule has 1 aromatic carbocycles. The molecule has 1 atom stereocenters. The molecule has 1 aliphatic rings. The summed E-state index contributed by atoms with van der Waals surface area (Å²) in [5.41, 5.74) is -2.20. The predicted octanol–water partition coefficient (Wildman–Crippen LogP) is 2.75. The van der Waals surface area contributed by atoms with Gasteiger partial charge in [-0.05, 0) is 30.7 Å². The summed E-state index contributed by atoms with van der Waals surface area (Å²) in [6.45, 7) is 3.62. The lowest BCUT2D eigenvalue weighted by Gasteiger charge is -2.21. The predicted molar refractivity (Wildman–Crippen MR) is 91.4 cm³/mol. The van der Waals surface area contributed by atoms with Crippen molar-refractivity contribution in [3.8, 4) is 5.69 Å². The fourth-order valence-corrected chi connectivity index (χ4v) is 2.97. The highest BCUT2D eigenvalue weighted by molar-refractivity contribution is 5.94. The van der Waals surface area contributed by atoms with Gasteiger partial charge in [0.15, 0.2) is 5.69 Å². The van der Waals surface area contributed by atoms with Crippen LogP contribution in [0.2, 0.25) is 0 Å². The van der Waals surface area contributed by atoms with E-state index < -0.39 is 23.4 Å². The van der Waals surface area contributed by atoms with Gasteiger partial charge in [0, 0.05) is 24.1 Å². The Labute approximate surface area is 158 Å². The molecule has 7 nitrogen and oxygen atoms in total. The van der Waals surface area contributed by atoms with Crippen molar-refractivity contribution in [2.24, 2.45) is 5.41 Å². The fourth-order valence-electron chi connectivity index (χ4n) is 2.97. The topological polar surface area (TPSA) is 93.5 Å². The summed E-state index contributed by atoms with van der Waals surface area (Å²) in [4.78, 5) is 23.3. The quantitative estimate of drug-likeness (QED) is 0.809. The van der Waals surface area contributed by atoms with E-state index in [1.807, 2.05) is 6.92 Å². The molecule has 0 radical (unpaired) electrons. The Morgan fingerprint density at radius 1 is 1.32 bits per heavy atom. The zero-order valence-electron chi connectivity index (χ0n) is 14.9. The standard InChI is InChI=1S/C18H18F3N3O4/c1-17(6-7-28-10-17)9-22-15(25)11-2-4-12(5-3-11)24-14(18(19,20)21)13(8-23-24)16(26)27/h2-5,8H,6-7,9-10H2,1H3,(H,22,25)(H,26,27). The molecule has 0 saturated carbocycles. The number of alkyl halides is 3. The summed E-state index contributed by atoms with van der Waals surface area (Å²) in [5, 5.41) is 15.3. The molecule has 0 aliphatic carbocycles. The zero-order valence-corrected chi connectivity index (χ0v) is 14.9. The molecule has 2 aromatic rings. The first-order valence-electron chi connectivity index (χ1n) is 8.46. The van der Waals surface area contributed by atoms with Crippen molar-refractivity contribution in [3.63, 3.8) is 0 Å². The van der Waals surface area contributed by atoms with Crippen molar-refractivity contribution in [1.82, 2.24) is 15.1 Å². The summed E-state index contributed by atoms with van der Waals surface area (Å²) >= 11 is 0. The Balaban J connectivity index is 1.79. The maximum atomic E-state index is 13.3. The first-order valence-corrected chi connectivity index (χ1v) is 8.46. The Morgan fingerprint density at radius 3 is 2.54 bits per heavy atom. The van der Waals surface area contributed by atoms with Crippen LogP contribution < -0.4 is 5.32 Å². The summed E-state index contributed by atoms with van der Waals surface area (Å²) in [5.74, 6) is -2.08. The number of halogens is 3. The zero-order chi connectivity index (χ0) is 20.5. The van der Waals surface area contributed by atoms with Crippen LogP contribution in [-0.4, -0.2) is 46.5 Å². The van der Waals surface area contributed by atoms with Gasteiger partial charge in [0.2, 0.25) is 0 Å². The molecule has 10 heteroatoms. The number of aromatic nitrogens is 2. The lowest BCUT2D eigenvalue weighted by molar-refractivity contribution is -0.143. The highest BCUT2D eigenvalue weighted by Gasteiger charge is 2.40. The second-order valence-corrected chi connectivity index (χ2v) is 6.96. The SMILES string of the molecule is CC1(CNC(=O)c2ccc(-n3ncc(C(=O)O)c3C(F)(F)F)cc2)CCOC1. The van der Waals surface area contributed by atoms with Gasteiger partial charge in [0.25, 0.3) is 5.91 Å². The van der Waals surface area contributed by atoms with Crippen LogP contribution in [0.25, 0.3) is 5.69 Å². The number of aromatic carboxylic acids is 1. The van der Waals surface area contributed by atoms with E-state index in [-0.39, 0.29) is 22.6 Å². The largest absolute Gasteiger partial charge is 0.478 e. The highest BCUT2D eigenvalue weighted by Crippen LogP contribution is 2.33. The van der Waals surface area contributed by atoms with E-state index in [0.717, 1.165) is 6.42 Å². The highest BCUT2D eigenvalue weighted by atomic mass is 19.4. The van der Waals surface area contributed by atoms with Gasteiger partial charge in [0.05, 0.1) is 18.5 Å². The van der Waals surface area contributed by atoms with Gasteiger partial charge in [-0.3, -0.25) is 4.79 Å². The number of carbonyl (C=O) groups excluding carboxylic acids is 1. The average molecular weight is 397 g/mol. The maximum Gasteiger partial charge on any atom is 0.434 e. The summed E-state index contributed by atoms with van der Waals surface area (Å²) < 4.78 is 45.7. The summed E-state index contributed by atoms with van der Waals surface area (Å²) in [6.07, 6.45) is -3.42.